The van der Waals surface area contributed by atoms with Crippen LogP contribution >= 0.6 is 0 Å². The first-order valence-electron chi connectivity index (χ1n) is 12.2. The van der Waals surface area contributed by atoms with Crippen LogP contribution in [-0.2, 0) is 25.4 Å². The van der Waals surface area contributed by atoms with Crippen molar-refractivity contribution >= 4 is 17.9 Å². The van der Waals surface area contributed by atoms with Crippen LogP contribution in [0.5, 0.6) is 0 Å². The van der Waals surface area contributed by atoms with Crippen LogP contribution in [-0.4, -0.2) is 58.1 Å². The summed E-state index contributed by atoms with van der Waals surface area (Å²) in [5.41, 5.74) is -0.239. The van der Waals surface area contributed by atoms with E-state index in [9.17, 15) is 19.5 Å². The van der Waals surface area contributed by atoms with Crippen LogP contribution in [0.25, 0.3) is 0 Å². The van der Waals surface area contributed by atoms with Crippen molar-refractivity contribution in [3.63, 3.8) is 0 Å². The summed E-state index contributed by atoms with van der Waals surface area (Å²) in [4.78, 5) is 40.1. The molecule has 202 valence electrons. The van der Waals surface area contributed by atoms with Gasteiger partial charge in [-0.1, -0.05) is 56.5 Å². The lowest BCUT2D eigenvalue weighted by Gasteiger charge is -2.23. The third-order valence-electron chi connectivity index (χ3n) is 5.83. The number of hydrogen-bond donors (Lipinski definition) is 2. The number of amides is 1. The van der Waals surface area contributed by atoms with Crippen LogP contribution in [0.4, 0.5) is 19.4 Å². The molecule has 10 nitrogen and oxygen atoms in total. The number of aliphatic hydroxyl groups excluding tert-OH is 1. The van der Waals surface area contributed by atoms with Crippen LogP contribution in [0, 0.1) is 0 Å². The average Bonchev–Trinajstić information content (AvgIpc) is 3.10. The molecule has 1 saturated heterocycles. The molecule has 1 aromatic heterocycles. The second-order valence-corrected chi connectivity index (χ2v) is 8.62. The molecule has 2 N–H and O–H groups in total. The van der Waals surface area contributed by atoms with E-state index in [2.05, 4.69) is 10.3 Å². The highest BCUT2D eigenvalue weighted by Gasteiger charge is 2.60. The lowest BCUT2D eigenvalue weighted by atomic mass is 10.1. The number of unbranched alkanes of at least 4 members (excludes halogenated alkanes) is 3. The van der Waals surface area contributed by atoms with Gasteiger partial charge in [0.1, 0.15) is 18.5 Å². The molecule has 3 rings (SSSR count). The molecule has 3 atom stereocenters. The van der Waals surface area contributed by atoms with Gasteiger partial charge in [-0.3, -0.25) is 10.1 Å². The van der Waals surface area contributed by atoms with E-state index < -0.39 is 48.7 Å². The van der Waals surface area contributed by atoms with Crippen LogP contribution in [0.3, 0.4) is 0 Å². The van der Waals surface area contributed by atoms with Gasteiger partial charge in [0.2, 0.25) is 6.23 Å². The smallest absolute Gasteiger partial charge is 0.412 e. The number of aryl methyl sites for hydroxylation is 1. The van der Waals surface area contributed by atoms with Crippen molar-refractivity contribution in [1.29, 1.82) is 0 Å². The minimum absolute atomic E-state index is 0.00331. The second kappa shape index (κ2) is 13.2. The van der Waals surface area contributed by atoms with Crippen molar-refractivity contribution in [2.75, 3.05) is 18.5 Å². The molecule has 2 aromatic rings. The van der Waals surface area contributed by atoms with Gasteiger partial charge < -0.3 is 19.3 Å². The standard InChI is InChI=1S/C25H31F2N3O7/c1-2-3-4-8-15-35-24(34)29-19-13-14-28-23(33)30(19)22-25(26,27)21(32)18(37-22)16-36-20(31)12-11-17-9-6-5-7-10-17/h5-7,9-10,13-14,18,21-22,32H,2-4,8,11-12,15-16H2,1H3,(H,29,34)/t18-,21-,22-/m1/s1. The van der Waals surface area contributed by atoms with Crippen LogP contribution in [0.15, 0.2) is 47.4 Å². The number of aromatic nitrogens is 2. The number of hydrogen-bond acceptors (Lipinski definition) is 8. The van der Waals surface area contributed by atoms with E-state index >= 15 is 8.78 Å². The fourth-order valence-electron chi connectivity index (χ4n) is 3.81. The highest BCUT2D eigenvalue weighted by Crippen LogP contribution is 2.43. The number of benzene rings is 1. The van der Waals surface area contributed by atoms with Crippen LogP contribution in [0.1, 0.15) is 50.8 Å². The average molecular weight is 524 g/mol. The van der Waals surface area contributed by atoms with Gasteiger partial charge in [-0.25, -0.2) is 19.1 Å². The predicted octanol–water partition coefficient (Wildman–Crippen LogP) is 3.44. The molecule has 0 aliphatic carbocycles. The number of esters is 1. The van der Waals surface area contributed by atoms with Gasteiger partial charge in [0.05, 0.1) is 6.61 Å². The topological polar surface area (TPSA) is 129 Å². The number of nitrogens with one attached hydrogen (secondary N) is 1. The van der Waals surface area contributed by atoms with Gasteiger partial charge in [-0.2, -0.15) is 8.78 Å². The lowest BCUT2D eigenvalue weighted by molar-refractivity contribution is -0.150. The summed E-state index contributed by atoms with van der Waals surface area (Å²) in [5.74, 6) is -4.97. The molecule has 0 unspecified atom stereocenters. The predicted molar refractivity (Wildman–Crippen MR) is 128 cm³/mol. The van der Waals surface area contributed by atoms with Crippen molar-refractivity contribution in [1.82, 2.24) is 9.55 Å². The second-order valence-electron chi connectivity index (χ2n) is 8.62. The third kappa shape index (κ3) is 7.56. The van der Waals surface area contributed by atoms with Crippen molar-refractivity contribution < 1.29 is 37.7 Å². The third-order valence-corrected chi connectivity index (χ3v) is 5.83. The zero-order valence-corrected chi connectivity index (χ0v) is 20.5. The summed E-state index contributed by atoms with van der Waals surface area (Å²) in [5, 5.41) is 12.5. The maximum atomic E-state index is 15.0. The Morgan fingerprint density at radius 2 is 1.92 bits per heavy atom. The first-order valence-corrected chi connectivity index (χ1v) is 12.2. The Kier molecular flexibility index (Phi) is 10.1. The van der Waals surface area contributed by atoms with Gasteiger partial charge in [0, 0.05) is 12.6 Å². The van der Waals surface area contributed by atoms with Gasteiger partial charge in [-0.05, 0) is 24.5 Å². The summed E-state index contributed by atoms with van der Waals surface area (Å²) < 4.78 is 45.8. The summed E-state index contributed by atoms with van der Waals surface area (Å²) in [6.45, 7) is 1.50. The monoisotopic (exact) mass is 523 g/mol. The minimum atomic E-state index is -3.96. The molecule has 0 saturated carbocycles. The Bertz CT molecular complexity index is 1100. The van der Waals surface area contributed by atoms with E-state index in [1.54, 1.807) is 0 Å². The largest absolute Gasteiger partial charge is 0.463 e. The molecular formula is C25H31F2N3O7. The molecule has 2 heterocycles. The molecule has 1 aliphatic heterocycles. The number of carbonyl (C=O) groups is 2. The Morgan fingerprint density at radius 3 is 2.65 bits per heavy atom. The number of alkyl halides is 2. The maximum absolute atomic E-state index is 15.0. The van der Waals surface area contributed by atoms with Crippen LogP contribution < -0.4 is 11.0 Å². The molecule has 1 aliphatic rings. The number of anilines is 1. The maximum Gasteiger partial charge on any atom is 0.412 e. The normalized spacial score (nSPS) is 20.4. The highest BCUT2D eigenvalue weighted by atomic mass is 19.3. The van der Waals surface area contributed by atoms with Gasteiger partial charge in [0.25, 0.3) is 0 Å². The van der Waals surface area contributed by atoms with Gasteiger partial charge in [0.15, 0.2) is 6.10 Å². The van der Waals surface area contributed by atoms with E-state index in [0.29, 0.717) is 17.4 Å². The van der Waals surface area contributed by atoms with E-state index in [4.69, 9.17) is 14.2 Å². The Labute approximate surface area is 212 Å². The fourth-order valence-corrected chi connectivity index (χ4v) is 3.81. The Morgan fingerprint density at radius 1 is 1.16 bits per heavy atom. The number of halogens is 2. The lowest BCUT2D eigenvalue weighted by Crippen LogP contribution is -2.42. The Balaban J connectivity index is 1.63. The van der Waals surface area contributed by atoms with Gasteiger partial charge in [-0.15, -0.1) is 0 Å². The van der Waals surface area contributed by atoms with Crippen molar-refractivity contribution in [2.45, 2.75) is 69.8 Å². The van der Waals surface area contributed by atoms with Crippen LogP contribution in [0.2, 0.25) is 0 Å². The number of aliphatic hydroxyl groups is 1. The van der Waals surface area contributed by atoms with E-state index in [-0.39, 0.29) is 18.8 Å². The first kappa shape index (κ1) is 28.2. The molecule has 12 heteroatoms. The first-order chi connectivity index (χ1) is 17.7. The minimum Gasteiger partial charge on any atom is -0.463 e. The molecular weight excluding hydrogens is 492 g/mol. The summed E-state index contributed by atoms with van der Waals surface area (Å²) in [7, 11) is 0. The van der Waals surface area contributed by atoms with Crippen molar-refractivity contribution in [3.05, 3.63) is 58.6 Å². The highest BCUT2D eigenvalue weighted by molar-refractivity contribution is 5.83. The van der Waals surface area contributed by atoms with E-state index in [1.807, 2.05) is 37.3 Å². The molecule has 1 amide bonds. The molecule has 1 aromatic carbocycles. The zero-order chi connectivity index (χ0) is 26.8. The molecule has 37 heavy (non-hydrogen) atoms. The van der Waals surface area contributed by atoms with Crippen molar-refractivity contribution in [3.8, 4) is 0 Å². The quantitative estimate of drug-likeness (QED) is 0.320. The molecule has 0 radical (unpaired) electrons. The van der Waals surface area contributed by atoms with E-state index in [1.165, 1.54) is 0 Å². The number of carbonyl (C=O) groups excluding carboxylic acids is 2. The summed E-state index contributed by atoms with van der Waals surface area (Å²) >= 11 is 0. The molecule has 1 fully saturated rings. The van der Waals surface area contributed by atoms with E-state index in [0.717, 1.165) is 37.1 Å². The SMILES string of the molecule is CCCCCCOC(=O)Nc1ccnc(=O)n1[C@@H]1O[C@H](COC(=O)CCc2ccccc2)[C@@H](O)C1(F)F. The van der Waals surface area contributed by atoms with Gasteiger partial charge >= 0.3 is 23.7 Å². The number of nitrogens with zero attached hydrogens (tertiary/aromatic N) is 2. The summed E-state index contributed by atoms with van der Waals surface area (Å²) in [6.07, 6.45) is -2.35. The van der Waals surface area contributed by atoms with Crippen molar-refractivity contribution in [2.24, 2.45) is 0 Å². The molecule has 0 spiro atoms. The fraction of sp³-hybridized carbons (Fsp3) is 0.520. The summed E-state index contributed by atoms with van der Waals surface area (Å²) in [6, 6.07) is 10.3. The zero-order valence-electron chi connectivity index (χ0n) is 20.5. The number of rotatable bonds is 12. The Hall–Kier alpha value is -3.38. The number of ether oxygens (including phenoxy) is 3. The molecule has 0 bridgehead atoms.